The lowest BCUT2D eigenvalue weighted by Gasteiger charge is -2.02. The highest BCUT2D eigenvalue weighted by Crippen LogP contribution is 2.24. The van der Waals surface area contributed by atoms with Gasteiger partial charge in [-0.15, -0.1) is 0 Å². The van der Waals surface area contributed by atoms with Crippen molar-refractivity contribution >= 4 is 0 Å². The van der Waals surface area contributed by atoms with Gasteiger partial charge in [0.25, 0.3) is 0 Å². The molecule has 17 heavy (non-hydrogen) atoms. The Morgan fingerprint density at radius 2 is 2.12 bits per heavy atom. The van der Waals surface area contributed by atoms with Gasteiger partial charge in [0.2, 0.25) is 0 Å². The minimum absolute atomic E-state index is 0.193. The highest BCUT2D eigenvalue weighted by molar-refractivity contribution is 5.57. The van der Waals surface area contributed by atoms with E-state index in [1.807, 2.05) is 13.8 Å². The summed E-state index contributed by atoms with van der Waals surface area (Å²) in [6.45, 7) is 4.05. The average molecular weight is 235 g/mol. The van der Waals surface area contributed by atoms with Gasteiger partial charge in [0.05, 0.1) is 7.11 Å². The van der Waals surface area contributed by atoms with Crippen molar-refractivity contribution in [2.24, 2.45) is 0 Å². The summed E-state index contributed by atoms with van der Waals surface area (Å²) in [6, 6.07) is 4.56. The Kier molecular flexibility index (Phi) is 3.08. The van der Waals surface area contributed by atoms with E-state index in [0.29, 0.717) is 5.82 Å². The van der Waals surface area contributed by atoms with Crippen LogP contribution >= 0.6 is 0 Å². The molecule has 0 saturated carbocycles. The number of benzene rings is 1. The van der Waals surface area contributed by atoms with Crippen LogP contribution in [0.3, 0.4) is 0 Å². The fourth-order valence-corrected chi connectivity index (χ4v) is 1.46. The monoisotopic (exact) mass is 235 g/mol. The first-order valence-corrected chi connectivity index (χ1v) is 5.38. The Morgan fingerprint density at radius 1 is 1.35 bits per heavy atom. The number of rotatable bonds is 3. The molecule has 0 bridgehead atoms. The topological polar surface area (TPSA) is 50.8 Å². The second-order valence-corrected chi connectivity index (χ2v) is 4.05. The van der Waals surface area contributed by atoms with E-state index >= 15 is 0 Å². The lowest BCUT2D eigenvalue weighted by atomic mass is 10.2. The molecule has 0 amide bonds. The van der Waals surface area contributed by atoms with Crippen LogP contribution in [-0.4, -0.2) is 22.3 Å². The number of nitrogens with zero attached hydrogens (tertiary/aromatic N) is 2. The zero-order valence-corrected chi connectivity index (χ0v) is 9.99. The second-order valence-electron chi connectivity index (χ2n) is 4.05. The maximum absolute atomic E-state index is 13.2. The summed E-state index contributed by atoms with van der Waals surface area (Å²) in [5.41, 5.74) is 0.728. The van der Waals surface area contributed by atoms with Gasteiger partial charge in [-0.2, -0.15) is 5.10 Å². The van der Waals surface area contributed by atoms with Gasteiger partial charge in [-0.3, -0.25) is 5.10 Å². The van der Waals surface area contributed by atoms with Gasteiger partial charge in [0, 0.05) is 11.5 Å². The van der Waals surface area contributed by atoms with Gasteiger partial charge in [0.15, 0.2) is 17.4 Å². The minimum Gasteiger partial charge on any atom is -0.494 e. The third-order valence-electron chi connectivity index (χ3n) is 2.46. The van der Waals surface area contributed by atoms with Crippen molar-refractivity contribution in [2.45, 2.75) is 19.8 Å². The SMILES string of the molecule is COc1cc(-c2n[nH]c(C(C)C)n2)ccc1F. The van der Waals surface area contributed by atoms with Crippen LogP contribution < -0.4 is 4.74 Å². The number of hydrogen-bond acceptors (Lipinski definition) is 3. The van der Waals surface area contributed by atoms with Crippen molar-refractivity contribution in [2.75, 3.05) is 7.11 Å². The van der Waals surface area contributed by atoms with Crippen LogP contribution in [0.15, 0.2) is 18.2 Å². The van der Waals surface area contributed by atoms with E-state index in [1.54, 1.807) is 12.1 Å². The standard InChI is InChI=1S/C12H14FN3O/c1-7(2)11-14-12(16-15-11)8-4-5-9(13)10(6-8)17-3/h4-7H,1-3H3,(H,14,15,16). The molecule has 5 heteroatoms. The number of H-pyrrole nitrogens is 1. The fraction of sp³-hybridized carbons (Fsp3) is 0.333. The summed E-state index contributed by atoms with van der Waals surface area (Å²) < 4.78 is 18.2. The molecule has 0 radical (unpaired) electrons. The van der Waals surface area contributed by atoms with Gasteiger partial charge in [0.1, 0.15) is 5.82 Å². The summed E-state index contributed by atoms with van der Waals surface area (Å²) in [5.74, 6) is 1.43. The molecule has 1 aromatic carbocycles. The predicted octanol–water partition coefficient (Wildman–Crippen LogP) is 2.74. The van der Waals surface area contributed by atoms with Gasteiger partial charge < -0.3 is 4.74 Å². The van der Waals surface area contributed by atoms with Crippen LogP contribution in [0.25, 0.3) is 11.4 Å². The molecule has 0 unspecified atom stereocenters. The second kappa shape index (κ2) is 4.53. The average Bonchev–Trinajstić information content (AvgIpc) is 2.79. The molecule has 0 atom stereocenters. The fourth-order valence-electron chi connectivity index (χ4n) is 1.46. The molecule has 0 spiro atoms. The van der Waals surface area contributed by atoms with Crippen molar-refractivity contribution in [1.82, 2.24) is 15.2 Å². The minimum atomic E-state index is -0.393. The lowest BCUT2D eigenvalue weighted by Crippen LogP contribution is -1.91. The maximum atomic E-state index is 13.2. The third kappa shape index (κ3) is 2.27. The van der Waals surface area contributed by atoms with Crippen molar-refractivity contribution in [3.8, 4) is 17.1 Å². The Labute approximate surface area is 98.8 Å². The van der Waals surface area contributed by atoms with Gasteiger partial charge >= 0.3 is 0 Å². The van der Waals surface area contributed by atoms with E-state index in [4.69, 9.17) is 4.74 Å². The smallest absolute Gasteiger partial charge is 0.181 e. The summed E-state index contributed by atoms with van der Waals surface area (Å²) >= 11 is 0. The number of nitrogens with one attached hydrogen (secondary N) is 1. The molecule has 0 saturated heterocycles. The van der Waals surface area contributed by atoms with Crippen LogP contribution in [0.4, 0.5) is 4.39 Å². The van der Waals surface area contributed by atoms with Crippen molar-refractivity contribution in [3.05, 3.63) is 29.8 Å². The number of aromatic amines is 1. The Bertz CT molecular complexity index is 522. The summed E-state index contributed by atoms with van der Waals surface area (Å²) in [4.78, 5) is 4.34. The number of halogens is 1. The summed E-state index contributed by atoms with van der Waals surface area (Å²) in [5, 5.41) is 6.96. The van der Waals surface area contributed by atoms with E-state index in [1.165, 1.54) is 13.2 Å². The quantitative estimate of drug-likeness (QED) is 0.889. The zero-order chi connectivity index (χ0) is 12.4. The Hall–Kier alpha value is -1.91. The molecular weight excluding hydrogens is 221 g/mol. The van der Waals surface area contributed by atoms with E-state index in [2.05, 4.69) is 15.2 Å². The van der Waals surface area contributed by atoms with Crippen molar-refractivity contribution in [3.63, 3.8) is 0 Å². The summed E-state index contributed by atoms with van der Waals surface area (Å²) in [7, 11) is 1.43. The normalized spacial score (nSPS) is 10.9. The number of methoxy groups -OCH3 is 1. The van der Waals surface area contributed by atoms with Crippen molar-refractivity contribution < 1.29 is 9.13 Å². The van der Waals surface area contributed by atoms with Crippen molar-refractivity contribution in [1.29, 1.82) is 0 Å². The van der Waals surface area contributed by atoms with E-state index < -0.39 is 5.82 Å². The van der Waals surface area contributed by atoms with E-state index in [0.717, 1.165) is 11.4 Å². The molecular formula is C12H14FN3O. The third-order valence-corrected chi connectivity index (χ3v) is 2.46. The van der Waals surface area contributed by atoms with Gasteiger partial charge in [-0.05, 0) is 18.2 Å². The molecule has 1 heterocycles. The Morgan fingerprint density at radius 3 is 2.71 bits per heavy atom. The molecule has 1 aromatic heterocycles. The molecule has 2 rings (SSSR count). The van der Waals surface area contributed by atoms with Gasteiger partial charge in [-0.1, -0.05) is 13.8 Å². The first-order valence-electron chi connectivity index (χ1n) is 5.38. The molecule has 4 nitrogen and oxygen atoms in total. The first-order chi connectivity index (χ1) is 8.11. The lowest BCUT2D eigenvalue weighted by molar-refractivity contribution is 0.387. The molecule has 2 aromatic rings. The maximum Gasteiger partial charge on any atom is 0.181 e. The largest absolute Gasteiger partial charge is 0.494 e. The first kappa shape index (κ1) is 11.6. The number of hydrogen-bond donors (Lipinski definition) is 1. The van der Waals surface area contributed by atoms with Crippen LogP contribution in [0, 0.1) is 5.82 Å². The molecule has 0 fully saturated rings. The van der Waals surface area contributed by atoms with E-state index in [-0.39, 0.29) is 11.7 Å². The summed E-state index contributed by atoms with van der Waals surface area (Å²) in [6.07, 6.45) is 0. The highest BCUT2D eigenvalue weighted by atomic mass is 19.1. The van der Waals surface area contributed by atoms with Crippen LogP contribution in [0.5, 0.6) is 5.75 Å². The van der Waals surface area contributed by atoms with Crippen LogP contribution in [-0.2, 0) is 0 Å². The molecule has 90 valence electrons. The molecule has 1 N–H and O–H groups in total. The van der Waals surface area contributed by atoms with Crippen LogP contribution in [0.2, 0.25) is 0 Å². The zero-order valence-electron chi connectivity index (χ0n) is 9.99. The molecule has 0 aliphatic rings. The van der Waals surface area contributed by atoms with Crippen LogP contribution in [0.1, 0.15) is 25.6 Å². The van der Waals surface area contributed by atoms with E-state index in [9.17, 15) is 4.39 Å². The van der Waals surface area contributed by atoms with Gasteiger partial charge in [-0.25, -0.2) is 9.37 Å². The number of ether oxygens (including phenoxy) is 1. The predicted molar refractivity (Wildman–Crippen MR) is 62.4 cm³/mol. The highest BCUT2D eigenvalue weighted by Gasteiger charge is 2.11. The number of aromatic nitrogens is 3. The molecule has 0 aliphatic heterocycles. The molecule has 0 aliphatic carbocycles. The Balaban J connectivity index is 2.38.